The van der Waals surface area contributed by atoms with Crippen LogP contribution in [-0.2, 0) is 27.7 Å². The molecule has 4 aromatic rings. The van der Waals surface area contributed by atoms with Gasteiger partial charge in [-0.15, -0.1) is 8.78 Å². The Balaban J connectivity index is 1.27. The molecule has 2 atom stereocenters. The Hall–Kier alpha value is -4.52. The van der Waals surface area contributed by atoms with E-state index in [-0.39, 0.29) is 47.1 Å². The van der Waals surface area contributed by atoms with Crippen LogP contribution in [0.3, 0.4) is 0 Å². The van der Waals surface area contributed by atoms with Crippen LogP contribution in [0.25, 0.3) is 11.0 Å². The Bertz CT molecular complexity index is 1840. The number of para-hydroxylation sites is 1. The molecule has 1 aromatic heterocycles. The summed E-state index contributed by atoms with van der Waals surface area (Å²) in [6, 6.07) is 15.7. The number of hydrogen-bond acceptors (Lipinski definition) is 7. The fourth-order valence-corrected chi connectivity index (χ4v) is 5.96. The first kappa shape index (κ1) is 27.6. The second-order valence-corrected chi connectivity index (χ2v) is 12.5. The quantitative estimate of drug-likeness (QED) is 0.291. The first-order chi connectivity index (χ1) is 20.0. The topological polar surface area (TPSA) is 137 Å². The summed E-state index contributed by atoms with van der Waals surface area (Å²) in [5, 5.41) is 12.3. The summed E-state index contributed by atoms with van der Waals surface area (Å²) in [5.74, 6) is -2.06. The van der Waals surface area contributed by atoms with Gasteiger partial charge in [0.1, 0.15) is 5.82 Å². The monoisotopic (exact) mass is 597 g/mol. The minimum atomic E-state index is -3.79. The van der Waals surface area contributed by atoms with E-state index in [9.17, 15) is 31.9 Å². The number of nitrogens with zero attached hydrogens (tertiary/aromatic N) is 2. The smallest absolute Gasteiger partial charge is 0.481 e. The molecule has 2 N–H and O–H groups in total. The van der Waals surface area contributed by atoms with Crippen molar-refractivity contribution in [3.05, 3.63) is 83.2 Å². The Morgan fingerprint density at radius 1 is 1.12 bits per heavy atom. The highest BCUT2D eigenvalue weighted by Crippen LogP contribution is 2.49. The Morgan fingerprint density at radius 2 is 1.88 bits per heavy atom. The number of hydrogen-bond donors (Lipinski definition) is 2. The highest BCUT2D eigenvalue weighted by Gasteiger charge is 2.48. The Kier molecular flexibility index (Phi) is 6.64. The summed E-state index contributed by atoms with van der Waals surface area (Å²) in [6.45, 7) is 1.79. The molecule has 13 heteroatoms. The van der Waals surface area contributed by atoms with Crippen molar-refractivity contribution in [2.24, 2.45) is 5.92 Å². The average Bonchev–Trinajstić information content (AvgIpc) is 3.59. The van der Waals surface area contributed by atoms with Gasteiger partial charge in [0, 0.05) is 23.6 Å². The number of nitrogens with one attached hydrogen (secondary N) is 1. The number of amides is 1. The van der Waals surface area contributed by atoms with Crippen LogP contribution in [0.2, 0.25) is 0 Å². The predicted octanol–water partition coefficient (Wildman–Crippen LogP) is 4.32. The summed E-state index contributed by atoms with van der Waals surface area (Å²) < 4.78 is 62.7. The van der Waals surface area contributed by atoms with Crippen molar-refractivity contribution in [1.82, 2.24) is 14.9 Å². The zero-order valence-electron chi connectivity index (χ0n) is 22.2. The maximum absolute atomic E-state index is 13.8. The van der Waals surface area contributed by atoms with Crippen molar-refractivity contribution >= 4 is 32.7 Å². The lowest BCUT2D eigenvalue weighted by molar-refractivity contribution is -0.287. The van der Waals surface area contributed by atoms with E-state index in [4.69, 9.17) is 4.74 Å². The van der Waals surface area contributed by atoms with Crippen LogP contribution in [0.4, 0.5) is 8.78 Å². The van der Waals surface area contributed by atoms with Crippen molar-refractivity contribution in [3.8, 4) is 11.5 Å². The molecule has 3 aromatic carbocycles. The Labute approximate surface area is 238 Å². The van der Waals surface area contributed by atoms with E-state index in [2.05, 4.69) is 15.0 Å². The van der Waals surface area contributed by atoms with Crippen LogP contribution in [0.1, 0.15) is 46.6 Å². The molecule has 10 nitrogen and oxygen atoms in total. The number of halogens is 2. The fraction of sp³-hybridized carbons (Fsp3) is 0.276. The van der Waals surface area contributed by atoms with Gasteiger partial charge in [-0.1, -0.05) is 31.2 Å². The van der Waals surface area contributed by atoms with E-state index in [0.29, 0.717) is 40.0 Å². The molecule has 0 unspecified atom stereocenters. The molecule has 2 aliphatic rings. The van der Waals surface area contributed by atoms with E-state index in [1.165, 1.54) is 18.2 Å². The van der Waals surface area contributed by atoms with Crippen molar-refractivity contribution < 1.29 is 41.4 Å². The highest BCUT2D eigenvalue weighted by molar-refractivity contribution is 7.91. The summed E-state index contributed by atoms with van der Waals surface area (Å²) >= 11 is 0. The molecule has 1 aliphatic carbocycles. The molecule has 1 fully saturated rings. The second kappa shape index (κ2) is 10.1. The van der Waals surface area contributed by atoms with Crippen LogP contribution < -0.4 is 14.8 Å². The van der Waals surface area contributed by atoms with Crippen LogP contribution in [0.15, 0.2) is 65.6 Å². The summed E-state index contributed by atoms with van der Waals surface area (Å²) in [5.41, 5.74) is 2.46. The van der Waals surface area contributed by atoms with E-state index < -0.39 is 28.0 Å². The Morgan fingerprint density at radius 3 is 2.57 bits per heavy atom. The number of carbonyl (C=O) groups is 2. The molecule has 1 saturated carbocycles. The number of fused-ring (bicyclic) bond motifs is 2. The lowest BCUT2D eigenvalue weighted by atomic mass is 10.1. The average molecular weight is 598 g/mol. The number of benzene rings is 3. The minimum absolute atomic E-state index is 0.00751. The maximum atomic E-state index is 13.8. The van der Waals surface area contributed by atoms with E-state index in [1.807, 2.05) is 0 Å². The van der Waals surface area contributed by atoms with E-state index in [1.54, 1.807) is 54.0 Å². The molecule has 0 radical (unpaired) electrons. The van der Waals surface area contributed by atoms with Gasteiger partial charge in [0.25, 0.3) is 5.91 Å². The van der Waals surface area contributed by atoms with Crippen molar-refractivity contribution in [2.45, 2.75) is 43.5 Å². The molecule has 2 heterocycles. The molecule has 0 spiro atoms. The lowest BCUT2D eigenvalue weighted by Crippen LogP contribution is -2.26. The van der Waals surface area contributed by atoms with Crippen LogP contribution in [0, 0.1) is 5.92 Å². The van der Waals surface area contributed by atoms with E-state index >= 15 is 0 Å². The molecule has 0 bridgehead atoms. The molecular formula is C29H25F2N3O7S. The van der Waals surface area contributed by atoms with Gasteiger partial charge in [0.05, 0.1) is 34.1 Å². The van der Waals surface area contributed by atoms with Gasteiger partial charge in [-0.05, 0) is 48.4 Å². The molecule has 6 rings (SSSR count). The first-order valence-corrected chi connectivity index (χ1v) is 14.8. The van der Waals surface area contributed by atoms with E-state index in [0.717, 1.165) is 0 Å². The van der Waals surface area contributed by atoms with Gasteiger partial charge >= 0.3 is 12.3 Å². The summed E-state index contributed by atoms with van der Waals surface area (Å²) in [7, 11) is -3.33. The van der Waals surface area contributed by atoms with Crippen LogP contribution in [0.5, 0.6) is 11.5 Å². The third kappa shape index (κ3) is 5.15. The van der Waals surface area contributed by atoms with Crippen molar-refractivity contribution in [3.63, 3.8) is 0 Å². The minimum Gasteiger partial charge on any atom is -0.481 e. The number of carboxylic acid groups (broad SMARTS) is 1. The summed E-state index contributed by atoms with van der Waals surface area (Å²) in [4.78, 5) is 29.5. The molecule has 42 heavy (non-hydrogen) atoms. The SMILES string of the molecule is CCS(=O)(=O)c1ccc(CNC(=O)c2ccc3c(c2)nc([C@@H]2C[C@H]2C(=O)O)n3Cc2cccc3c2OC(F)(F)O3)cc1. The van der Waals surface area contributed by atoms with Gasteiger partial charge in [0.15, 0.2) is 21.3 Å². The van der Waals surface area contributed by atoms with Gasteiger partial charge in [-0.2, -0.15) is 0 Å². The second-order valence-electron chi connectivity index (χ2n) is 10.2. The molecule has 218 valence electrons. The largest absolute Gasteiger partial charge is 0.586 e. The fourth-order valence-electron chi connectivity index (χ4n) is 5.08. The number of sulfone groups is 1. The van der Waals surface area contributed by atoms with Gasteiger partial charge < -0.3 is 24.5 Å². The zero-order valence-corrected chi connectivity index (χ0v) is 23.0. The normalized spacial score (nSPS) is 18.6. The molecular weight excluding hydrogens is 572 g/mol. The highest BCUT2D eigenvalue weighted by atomic mass is 32.2. The van der Waals surface area contributed by atoms with Crippen LogP contribution in [-0.4, -0.2) is 47.0 Å². The number of carboxylic acids is 1. The predicted molar refractivity (Wildman–Crippen MR) is 145 cm³/mol. The number of aromatic nitrogens is 2. The third-order valence-corrected chi connectivity index (χ3v) is 9.18. The van der Waals surface area contributed by atoms with Crippen LogP contribution >= 0.6 is 0 Å². The number of aliphatic carboxylic acids is 1. The van der Waals surface area contributed by atoms with Crippen molar-refractivity contribution in [2.75, 3.05) is 5.75 Å². The van der Waals surface area contributed by atoms with Crippen molar-refractivity contribution in [1.29, 1.82) is 0 Å². The van der Waals surface area contributed by atoms with Gasteiger partial charge in [-0.3, -0.25) is 9.59 Å². The number of alkyl halides is 2. The first-order valence-electron chi connectivity index (χ1n) is 13.2. The standard InChI is InChI=1S/C29H25F2N3O7S/c1-2-42(38,39)19-9-6-16(7-10-19)14-32-27(35)17-8-11-23-22(12-17)33-26(20-13-21(20)28(36)37)34(23)15-18-4-3-5-24-25(18)41-29(30,31)40-24/h3-12,20-21H,2,13-15H2,1H3,(H,32,35)(H,36,37)/t20-,21-/m1/s1. The third-order valence-electron chi connectivity index (χ3n) is 7.43. The maximum Gasteiger partial charge on any atom is 0.586 e. The molecule has 0 saturated heterocycles. The number of carbonyl (C=O) groups excluding carboxylic acids is 1. The zero-order chi connectivity index (χ0) is 29.8. The van der Waals surface area contributed by atoms with Gasteiger partial charge in [0.2, 0.25) is 0 Å². The number of ether oxygens (including phenoxy) is 2. The lowest BCUT2D eigenvalue weighted by Gasteiger charge is -2.12. The number of imidazole rings is 1. The molecule has 1 aliphatic heterocycles. The van der Waals surface area contributed by atoms with Gasteiger partial charge in [-0.25, -0.2) is 13.4 Å². The molecule has 1 amide bonds. The number of rotatable bonds is 9. The summed E-state index contributed by atoms with van der Waals surface area (Å²) in [6.07, 6.45) is -3.41.